The van der Waals surface area contributed by atoms with Crippen LogP contribution in [0.2, 0.25) is 0 Å². The maximum atomic E-state index is 13.2. The van der Waals surface area contributed by atoms with Crippen LogP contribution in [-0.2, 0) is 17.9 Å². The Hall–Kier alpha value is -2.35. The number of rotatable bonds is 7. The highest BCUT2D eigenvalue weighted by Crippen LogP contribution is 2.22. The first-order valence-corrected chi connectivity index (χ1v) is 9.22. The van der Waals surface area contributed by atoms with Crippen molar-refractivity contribution >= 4 is 5.91 Å². The fraction of sp³-hybridized carbons (Fsp3) is 0.526. The number of carbonyl (C=O) groups excluding carboxylic acids is 1. The van der Waals surface area contributed by atoms with Gasteiger partial charge in [0.05, 0.1) is 6.54 Å². The molecule has 146 valence electrons. The summed E-state index contributed by atoms with van der Waals surface area (Å²) in [4.78, 5) is 18.6. The second-order valence-electron chi connectivity index (χ2n) is 7.04. The number of hydrogen-bond donors (Lipinski definition) is 1. The van der Waals surface area contributed by atoms with Gasteiger partial charge >= 0.3 is 0 Å². The lowest BCUT2D eigenvalue weighted by atomic mass is 9.93. The summed E-state index contributed by atoms with van der Waals surface area (Å²) in [6.07, 6.45) is 3.38. The van der Waals surface area contributed by atoms with Gasteiger partial charge in [-0.3, -0.25) is 9.69 Å². The molecule has 2 heterocycles. The van der Waals surface area contributed by atoms with Crippen molar-refractivity contribution in [2.75, 3.05) is 13.1 Å². The van der Waals surface area contributed by atoms with Gasteiger partial charge in [0.1, 0.15) is 0 Å². The topological polar surface area (TPSA) is 71.3 Å². The highest BCUT2D eigenvalue weighted by molar-refractivity contribution is 5.75. The number of piperidine rings is 1. The number of benzene rings is 1. The van der Waals surface area contributed by atoms with E-state index in [1.807, 2.05) is 0 Å². The van der Waals surface area contributed by atoms with Gasteiger partial charge in [-0.25, -0.2) is 8.78 Å². The van der Waals surface area contributed by atoms with Crippen molar-refractivity contribution in [1.29, 1.82) is 0 Å². The molecule has 27 heavy (non-hydrogen) atoms. The zero-order valence-corrected chi connectivity index (χ0v) is 15.4. The lowest BCUT2D eigenvalue weighted by Gasteiger charge is -2.31. The van der Waals surface area contributed by atoms with Crippen LogP contribution in [0.25, 0.3) is 0 Å². The second-order valence-corrected chi connectivity index (χ2v) is 7.04. The Balaban J connectivity index is 1.39. The number of hydrogen-bond acceptors (Lipinski definition) is 5. The molecular weight excluding hydrogens is 354 g/mol. The van der Waals surface area contributed by atoms with Gasteiger partial charge in [-0.15, -0.1) is 0 Å². The molecule has 1 aromatic carbocycles. The lowest BCUT2D eigenvalue weighted by molar-refractivity contribution is -0.121. The van der Waals surface area contributed by atoms with E-state index in [4.69, 9.17) is 4.52 Å². The molecule has 1 N–H and O–H groups in total. The number of halogens is 2. The normalized spacial score (nSPS) is 17.8. The summed E-state index contributed by atoms with van der Waals surface area (Å²) in [5, 5.41) is 6.57. The molecule has 1 aliphatic rings. The van der Waals surface area contributed by atoms with E-state index in [2.05, 4.69) is 20.4 Å². The van der Waals surface area contributed by atoms with E-state index in [1.165, 1.54) is 6.07 Å². The molecule has 0 aliphatic carbocycles. The monoisotopic (exact) mass is 378 g/mol. The summed E-state index contributed by atoms with van der Waals surface area (Å²) in [6.45, 7) is 4.52. The van der Waals surface area contributed by atoms with Gasteiger partial charge in [0, 0.05) is 19.5 Å². The van der Waals surface area contributed by atoms with Crippen LogP contribution in [0.3, 0.4) is 0 Å². The van der Waals surface area contributed by atoms with Crippen LogP contribution in [0.15, 0.2) is 22.7 Å². The van der Waals surface area contributed by atoms with Crippen LogP contribution in [0.1, 0.15) is 43.0 Å². The highest BCUT2D eigenvalue weighted by atomic mass is 19.2. The first kappa shape index (κ1) is 19.4. The molecule has 1 fully saturated rings. The highest BCUT2D eigenvalue weighted by Gasteiger charge is 2.22. The van der Waals surface area contributed by atoms with E-state index in [1.54, 1.807) is 6.92 Å². The predicted molar refractivity (Wildman–Crippen MR) is 94.5 cm³/mol. The van der Waals surface area contributed by atoms with Gasteiger partial charge < -0.3 is 9.84 Å². The number of carbonyl (C=O) groups is 1. The molecule has 3 rings (SSSR count). The van der Waals surface area contributed by atoms with Crippen molar-refractivity contribution in [2.24, 2.45) is 5.92 Å². The van der Waals surface area contributed by atoms with Crippen LogP contribution >= 0.6 is 0 Å². The fourth-order valence-corrected chi connectivity index (χ4v) is 3.40. The molecule has 0 radical (unpaired) electrons. The van der Waals surface area contributed by atoms with Gasteiger partial charge in [0.25, 0.3) is 0 Å². The molecule has 6 nitrogen and oxygen atoms in total. The van der Waals surface area contributed by atoms with E-state index in [0.717, 1.165) is 44.5 Å². The summed E-state index contributed by atoms with van der Waals surface area (Å²) in [6, 6.07) is 3.64. The van der Waals surface area contributed by atoms with E-state index in [9.17, 15) is 13.6 Å². The van der Waals surface area contributed by atoms with E-state index in [0.29, 0.717) is 36.2 Å². The Morgan fingerprint density at radius 1 is 1.37 bits per heavy atom. The molecule has 0 bridgehead atoms. The Morgan fingerprint density at radius 2 is 2.22 bits per heavy atom. The summed E-state index contributed by atoms with van der Waals surface area (Å²) in [5.74, 6) is -0.169. The number of amides is 1. The van der Waals surface area contributed by atoms with E-state index < -0.39 is 11.6 Å². The Kier molecular flexibility index (Phi) is 6.49. The fourth-order valence-electron chi connectivity index (χ4n) is 3.40. The molecule has 1 aromatic heterocycles. The third-order valence-corrected chi connectivity index (χ3v) is 4.78. The quantitative estimate of drug-likeness (QED) is 0.802. The molecule has 1 saturated heterocycles. The van der Waals surface area contributed by atoms with Crippen LogP contribution in [0, 0.1) is 24.5 Å². The molecule has 1 atom stereocenters. The van der Waals surface area contributed by atoms with Crippen LogP contribution in [0.5, 0.6) is 0 Å². The van der Waals surface area contributed by atoms with Gasteiger partial charge in [-0.2, -0.15) is 4.98 Å². The van der Waals surface area contributed by atoms with Gasteiger partial charge in [-0.1, -0.05) is 11.2 Å². The van der Waals surface area contributed by atoms with Crippen molar-refractivity contribution in [3.8, 4) is 0 Å². The average Bonchev–Trinajstić information content (AvgIpc) is 3.06. The Bertz CT molecular complexity index is 781. The largest absolute Gasteiger partial charge is 0.352 e. The SMILES string of the molecule is Cc1noc(CN2CCC[C@@H](CCC(=O)NCc3ccc(F)c(F)c3)C2)n1. The van der Waals surface area contributed by atoms with Crippen LogP contribution in [0.4, 0.5) is 8.78 Å². The van der Waals surface area contributed by atoms with Crippen molar-refractivity contribution in [3.63, 3.8) is 0 Å². The van der Waals surface area contributed by atoms with E-state index >= 15 is 0 Å². The van der Waals surface area contributed by atoms with Gasteiger partial charge in [0.2, 0.25) is 11.8 Å². The molecule has 0 spiro atoms. The first-order valence-electron chi connectivity index (χ1n) is 9.22. The van der Waals surface area contributed by atoms with Gasteiger partial charge in [-0.05, 0) is 56.3 Å². The minimum atomic E-state index is -0.902. The second kappa shape index (κ2) is 9.03. The zero-order valence-electron chi connectivity index (χ0n) is 15.4. The first-order chi connectivity index (χ1) is 13.0. The molecule has 1 amide bonds. The molecule has 8 heteroatoms. The maximum absolute atomic E-state index is 13.2. The van der Waals surface area contributed by atoms with Crippen LogP contribution in [-0.4, -0.2) is 34.0 Å². The number of nitrogens with zero attached hydrogens (tertiary/aromatic N) is 3. The third kappa shape index (κ3) is 5.82. The van der Waals surface area contributed by atoms with Crippen molar-refractivity contribution in [2.45, 2.75) is 45.7 Å². The van der Waals surface area contributed by atoms with Crippen molar-refractivity contribution < 1.29 is 18.1 Å². The summed E-state index contributed by atoms with van der Waals surface area (Å²) < 4.78 is 31.3. The number of likely N-dealkylation sites (tertiary alicyclic amines) is 1. The standard InChI is InChI=1S/C19H24F2N4O2/c1-13-23-19(27-24-13)12-25-8-2-3-14(11-25)5-7-18(26)22-10-15-4-6-16(20)17(21)9-15/h4,6,9,14H,2-3,5,7-8,10-12H2,1H3,(H,22,26)/t14-/m0/s1. The molecule has 2 aromatic rings. The molecular formula is C19H24F2N4O2. The minimum Gasteiger partial charge on any atom is -0.352 e. The van der Waals surface area contributed by atoms with E-state index in [-0.39, 0.29) is 12.5 Å². The molecule has 0 unspecified atom stereocenters. The maximum Gasteiger partial charge on any atom is 0.240 e. The lowest BCUT2D eigenvalue weighted by Crippen LogP contribution is -2.35. The number of aryl methyl sites for hydroxylation is 1. The number of nitrogens with one attached hydrogen (secondary N) is 1. The van der Waals surface area contributed by atoms with Crippen molar-refractivity contribution in [1.82, 2.24) is 20.4 Å². The summed E-state index contributed by atoms with van der Waals surface area (Å²) in [7, 11) is 0. The zero-order chi connectivity index (χ0) is 19.2. The smallest absolute Gasteiger partial charge is 0.240 e. The summed E-state index contributed by atoms with van der Waals surface area (Å²) >= 11 is 0. The Labute approximate surface area is 156 Å². The van der Waals surface area contributed by atoms with Gasteiger partial charge in [0.15, 0.2) is 17.5 Å². The average molecular weight is 378 g/mol. The molecule has 1 aliphatic heterocycles. The minimum absolute atomic E-state index is 0.0793. The summed E-state index contributed by atoms with van der Waals surface area (Å²) in [5.41, 5.74) is 0.543. The number of aromatic nitrogens is 2. The Morgan fingerprint density at radius 3 is 2.96 bits per heavy atom. The third-order valence-electron chi connectivity index (χ3n) is 4.78. The van der Waals surface area contributed by atoms with Crippen molar-refractivity contribution in [3.05, 3.63) is 47.1 Å². The van der Waals surface area contributed by atoms with Crippen LogP contribution < -0.4 is 5.32 Å². The molecule has 0 saturated carbocycles. The predicted octanol–water partition coefficient (Wildman–Crippen LogP) is 2.96.